The van der Waals surface area contributed by atoms with Crippen LogP contribution in [0.25, 0.3) is 0 Å². The van der Waals surface area contributed by atoms with Gasteiger partial charge in [-0.1, -0.05) is 48.7 Å². The molecule has 2 aromatic carbocycles. The van der Waals surface area contributed by atoms with Crippen molar-refractivity contribution in [2.24, 2.45) is 0 Å². The van der Waals surface area contributed by atoms with E-state index in [0.29, 0.717) is 28.8 Å². The smallest absolute Gasteiger partial charge is 0.255 e. The molecule has 0 spiro atoms. The summed E-state index contributed by atoms with van der Waals surface area (Å²) in [5, 5.41) is 0.915. The van der Waals surface area contributed by atoms with Crippen LogP contribution in [0.3, 0.4) is 0 Å². The summed E-state index contributed by atoms with van der Waals surface area (Å²) in [6, 6.07) is 12.9. The van der Waals surface area contributed by atoms with Crippen LogP contribution in [0, 0.1) is 0 Å². The molecule has 0 N–H and O–H groups in total. The average Bonchev–Trinajstić information content (AvgIpc) is 3.14. The number of hydrogen-bond donors (Lipinski definition) is 0. The predicted molar refractivity (Wildman–Crippen MR) is 110 cm³/mol. The lowest BCUT2D eigenvalue weighted by atomic mass is 10.1. The maximum Gasteiger partial charge on any atom is 0.255 e. The Morgan fingerprint density at radius 1 is 1.23 bits per heavy atom. The molecule has 1 heterocycles. The molecule has 0 radical (unpaired) electrons. The lowest BCUT2D eigenvalue weighted by Crippen LogP contribution is -2.30. The molecule has 138 valence electrons. The largest absolute Gasteiger partial charge is 0.494 e. The van der Waals surface area contributed by atoms with Crippen molar-refractivity contribution in [3.8, 4) is 5.75 Å². The first-order chi connectivity index (χ1) is 12.6. The molecule has 1 amide bonds. The number of unbranched alkanes of at least 4 members (excludes halogenated alkanes) is 1. The van der Waals surface area contributed by atoms with Gasteiger partial charge in [-0.25, -0.2) is 0 Å². The van der Waals surface area contributed by atoms with Crippen molar-refractivity contribution in [2.75, 3.05) is 18.9 Å². The molecule has 0 aliphatic carbocycles. The van der Waals surface area contributed by atoms with Gasteiger partial charge in [0.15, 0.2) is 0 Å². The molecule has 3 nitrogen and oxygen atoms in total. The Balaban J connectivity index is 1.75. The van der Waals surface area contributed by atoms with E-state index in [4.69, 9.17) is 27.9 Å². The quantitative estimate of drug-likeness (QED) is 0.542. The number of amides is 1. The molecule has 1 fully saturated rings. The van der Waals surface area contributed by atoms with E-state index >= 15 is 0 Å². The SMILES string of the molecule is CCCCOc1ccc(C(=O)N2CCS[C@H]2c2cccc(Cl)c2Cl)cc1. The third-order valence-corrected chi connectivity index (χ3v) is 6.34. The van der Waals surface area contributed by atoms with Gasteiger partial charge < -0.3 is 9.64 Å². The maximum atomic E-state index is 13.0. The van der Waals surface area contributed by atoms with Gasteiger partial charge >= 0.3 is 0 Å². The third-order valence-electron chi connectivity index (χ3n) is 4.27. The van der Waals surface area contributed by atoms with Crippen LogP contribution in [0.15, 0.2) is 42.5 Å². The first-order valence-electron chi connectivity index (χ1n) is 8.71. The molecule has 6 heteroatoms. The maximum absolute atomic E-state index is 13.0. The van der Waals surface area contributed by atoms with Crippen molar-refractivity contribution < 1.29 is 9.53 Å². The zero-order valence-electron chi connectivity index (χ0n) is 14.6. The minimum absolute atomic E-state index is 0.00356. The Morgan fingerprint density at radius 2 is 2.00 bits per heavy atom. The highest BCUT2D eigenvalue weighted by molar-refractivity contribution is 7.99. The second kappa shape index (κ2) is 9.03. The molecule has 0 aromatic heterocycles. The summed E-state index contributed by atoms with van der Waals surface area (Å²) in [4.78, 5) is 14.9. The van der Waals surface area contributed by atoms with E-state index in [1.807, 2.05) is 41.3 Å². The van der Waals surface area contributed by atoms with Crippen molar-refractivity contribution >= 4 is 40.9 Å². The molecule has 0 saturated carbocycles. The number of rotatable bonds is 6. The van der Waals surface area contributed by atoms with Crippen LogP contribution in [0.5, 0.6) is 5.75 Å². The lowest BCUT2D eigenvalue weighted by Gasteiger charge is -2.25. The fourth-order valence-corrected chi connectivity index (χ4v) is 4.60. The molecule has 0 unspecified atom stereocenters. The normalized spacial score (nSPS) is 16.7. The number of thioether (sulfide) groups is 1. The molecule has 3 rings (SSSR count). The summed E-state index contributed by atoms with van der Waals surface area (Å²) >= 11 is 14.2. The molecule has 1 atom stereocenters. The van der Waals surface area contributed by atoms with Gasteiger partial charge in [0.25, 0.3) is 5.91 Å². The van der Waals surface area contributed by atoms with Gasteiger partial charge in [-0.3, -0.25) is 4.79 Å². The Morgan fingerprint density at radius 3 is 2.73 bits per heavy atom. The summed E-state index contributed by atoms with van der Waals surface area (Å²) in [5.41, 5.74) is 1.54. The van der Waals surface area contributed by atoms with Gasteiger partial charge in [-0.05, 0) is 36.8 Å². The molecule has 0 bridgehead atoms. The minimum Gasteiger partial charge on any atom is -0.494 e. The van der Waals surface area contributed by atoms with E-state index in [-0.39, 0.29) is 11.3 Å². The number of benzene rings is 2. The van der Waals surface area contributed by atoms with E-state index in [9.17, 15) is 4.79 Å². The van der Waals surface area contributed by atoms with Crippen molar-refractivity contribution in [1.29, 1.82) is 0 Å². The molecule has 2 aromatic rings. The van der Waals surface area contributed by atoms with E-state index in [1.165, 1.54) is 0 Å². The zero-order valence-corrected chi connectivity index (χ0v) is 16.9. The Kier molecular flexibility index (Phi) is 6.74. The molecular formula is C20H21Cl2NO2S. The van der Waals surface area contributed by atoms with Crippen LogP contribution in [0.4, 0.5) is 0 Å². The van der Waals surface area contributed by atoms with E-state index in [1.54, 1.807) is 17.8 Å². The van der Waals surface area contributed by atoms with Gasteiger partial charge in [-0.15, -0.1) is 11.8 Å². The molecule has 1 saturated heterocycles. The van der Waals surface area contributed by atoms with Crippen LogP contribution in [0.1, 0.15) is 41.1 Å². The second-order valence-electron chi connectivity index (χ2n) is 6.09. The summed E-state index contributed by atoms with van der Waals surface area (Å²) < 4.78 is 5.66. The van der Waals surface area contributed by atoms with E-state index in [2.05, 4.69) is 6.92 Å². The molecule has 26 heavy (non-hydrogen) atoms. The van der Waals surface area contributed by atoms with E-state index in [0.717, 1.165) is 29.9 Å². The van der Waals surface area contributed by atoms with E-state index < -0.39 is 0 Å². The number of carbonyl (C=O) groups is 1. The number of ether oxygens (including phenoxy) is 1. The second-order valence-corrected chi connectivity index (χ2v) is 8.06. The van der Waals surface area contributed by atoms with Crippen LogP contribution >= 0.6 is 35.0 Å². The molecule has 1 aliphatic rings. The van der Waals surface area contributed by atoms with Gasteiger partial charge in [0.05, 0.1) is 16.7 Å². The van der Waals surface area contributed by atoms with Crippen LogP contribution < -0.4 is 4.74 Å². The average molecular weight is 410 g/mol. The van der Waals surface area contributed by atoms with Crippen molar-refractivity contribution in [3.63, 3.8) is 0 Å². The highest BCUT2D eigenvalue weighted by atomic mass is 35.5. The van der Waals surface area contributed by atoms with Crippen molar-refractivity contribution in [2.45, 2.75) is 25.1 Å². The first-order valence-corrected chi connectivity index (χ1v) is 10.5. The highest BCUT2D eigenvalue weighted by Crippen LogP contribution is 2.43. The summed E-state index contributed by atoms with van der Waals surface area (Å²) in [5.74, 6) is 1.66. The van der Waals surface area contributed by atoms with Crippen molar-refractivity contribution in [3.05, 3.63) is 63.6 Å². The van der Waals surface area contributed by atoms with Crippen molar-refractivity contribution in [1.82, 2.24) is 4.90 Å². The lowest BCUT2D eigenvalue weighted by molar-refractivity contribution is 0.0760. The Hall–Kier alpha value is -1.36. The third kappa shape index (κ3) is 4.30. The van der Waals surface area contributed by atoms with Crippen LogP contribution in [-0.2, 0) is 0 Å². The standard InChI is InChI=1S/C20H21Cl2NO2S/c1-2-3-12-25-15-9-7-14(8-10-15)19(24)23-11-13-26-20(23)16-5-4-6-17(21)18(16)22/h4-10,20H,2-3,11-13H2,1H3/t20-/m0/s1. The Labute approximate surface area is 168 Å². The highest BCUT2D eigenvalue weighted by Gasteiger charge is 2.32. The van der Waals surface area contributed by atoms with Crippen LogP contribution in [-0.4, -0.2) is 29.7 Å². The summed E-state index contributed by atoms with van der Waals surface area (Å²) in [6.07, 6.45) is 2.12. The first kappa shape index (κ1) is 19.4. The number of hydrogen-bond acceptors (Lipinski definition) is 3. The number of nitrogens with zero attached hydrogens (tertiary/aromatic N) is 1. The molecule has 1 aliphatic heterocycles. The number of halogens is 2. The fourth-order valence-electron chi connectivity index (χ4n) is 2.84. The fraction of sp³-hybridized carbons (Fsp3) is 0.350. The summed E-state index contributed by atoms with van der Waals surface area (Å²) in [6.45, 7) is 3.51. The van der Waals surface area contributed by atoms with Gasteiger partial charge in [-0.2, -0.15) is 0 Å². The number of carbonyl (C=O) groups excluding carboxylic acids is 1. The minimum atomic E-state index is -0.116. The van der Waals surface area contributed by atoms with Gasteiger partial charge in [0.1, 0.15) is 11.1 Å². The Bertz CT molecular complexity index is 767. The monoisotopic (exact) mass is 409 g/mol. The van der Waals surface area contributed by atoms with Crippen LogP contribution in [0.2, 0.25) is 10.0 Å². The van der Waals surface area contributed by atoms with Gasteiger partial charge in [0, 0.05) is 23.4 Å². The molecular weight excluding hydrogens is 389 g/mol. The van der Waals surface area contributed by atoms with Gasteiger partial charge in [0.2, 0.25) is 0 Å². The summed E-state index contributed by atoms with van der Waals surface area (Å²) in [7, 11) is 0. The topological polar surface area (TPSA) is 29.5 Å². The zero-order chi connectivity index (χ0) is 18.5. The predicted octanol–water partition coefficient (Wildman–Crippen LogP) is 6.06.